The Morgan fingerprint density at radius 1 is 1.48 bits per heavy atom. The Hall–Kier alpha value is -0.373. The van der Waals surface area contributed by atoms with Gasteiger partial charge in [0, 0.05) is 26.3 Å². The van der Waals surface area contributed by atoms with Crippen molar-refractivity contribution in [3.8, 4) is 0 Å². The van der Waals surface area contributed by atoms with E-state index >= 15 is 0 Å². The van der Waals surface area contributed by atoms with Crippen LogP contribution in [0.2, 0.25) is 25.7 Å². The van der Waals surface area contributed by atoms with Gasteiger partial charge in [0.2, 0.25) is 4.38 Å². The SMILES string of the molecule is CSC(=S)OCC1CCCc2c1cnn2COCC[Si](C)(C)C. The third kappa shape index (κ3) is 5.88. The fraction of sp³-hybridized carbons (Fsp3) is 0.750. The summed E-state index contributed by atoms with van der Waals surface area (Å²) < 4.78 is 14.2. The van der Waals surface area contributed by atoms with Gasteiger partial charge in [0.1, 0.15) is 6.73 Å². The van der Waals surface area contributed by atoms with E-state index in [0.29, 0.717) is 23.6 Å². The van der Waals surface area contributed by atoms with Gasteiger partial charge in [-0.25, -0.2) is 4.68 Å². The third-order valence-electron chi connectivity index (χ3n) is 4.17. The van der Waals surface area contributed by atoms with E-state index in [1.807, 2.05) is 17.1 Å². The highest BCUT2D eigenvalue weighted by molar-refractivity contribution is 8.22. The van der Waals surface area contributed by atoms with Crippen LogP contribution < -0.4 is 0 Å². The molecule has 23 heavy (non-hydrogen) atoms. The Bertz CT molecular complexity index is 529. The summed E-state index contributed by atoms with van der Waals surface area (Å²) in [5.74, 6) is 0.402. The number of thioether (sulfide) groups is 1. The molecule has 1 unspecified atom stereocenters. The smallest absolute Gasteiger partial charge is 0.219 e. The van der Waals surface area contributed by atoms with Crippen LogP contribution in [0.3, 0.4) is 0 Å². The molecule has 0 amide bonds. The minimum atomic E-state index is -1.03. The maximum Gasteiger partial charge on any atom is 0.219 e. The molecule has 0 aliphatic heterocycles. The molecule has 0 saturated heterocycles. The van der Waals surface area contributed by atoms with Crippen molar-refractivity contribution in [3.05, 3.63) is 17.5 Å². The Kier molecular flexibility index (Phi) is 7.12. The molecule has 0 N–H and O–H groups in total. The van der Waals surface area contributed by atoms with Crippen molar-refractivity contribution >= 4 is 36.4 Å². The molecule has 1 aromatic heterocycles. The number of hydrogen-bond donors (Lipinski definition) is 0. The van der Waals surface area contributed by atoms with E-state index in [9.17, 15) is 0 Å². The molecule has 4 nitrogen and oxygen atoms in total. The maximum absolute atomic E-state index is 5.85. The topological polar surface area (TPSA) is 36.3 Å². The third-order valence-corrected chi connectivity index (χ3v) is 6.94. The largest absolute Gasteiger partial charge is 0.478 e. The summed E-state index contributed by atoms with van der Waals surface area (Å²) in [6.45, 7) is 9.17. The molecule has 1 aromatic rings. The summed E-state index contributed by atoms with van der Waals surface area (Å²) in [5, 5.41) is 4.54. The summed E-state index contributed by atoms with van der Waals surface area (Å²) >= 11 is 6.62. The lowest BCUT2D eigenvalue weighted by atomic mass is 9.88. The zero-order chi connectivity index (χ0) is 16.9. The lowest BCUT2D eigenvalue weighted by molar-refractivity contribution is 0.0760. The van der Waals surface area contributed by atoms with Gasteiger partial charge < -0.3 is 9.47 Å². The Balaban J connectivity index is 1.90. The van der Waals surface area contributed by atoms with Crippen molar-refractivity contribution in [2.75, 3.05) is 19.5 Å². The van der Waals surface area contributed by atoms with Crippen LogP contribution in [0.4, 0.5) is 0 Å². The van der Waals surface area contributed by atoms with Crippen molar-refractivity contribution in [2.24, 2.45) is 0 Å². The molecule has 0 aromatic carbocycles. The molecule has 1 atom stereocenters. The minimum Gasteiger partial charge on any atom is -0.478 e. The van der Waals surface area contributed by atoms with E-state index in [4.69, 9.17) is 21.7 Å². The second kappa shape index (κ2) is 8.64. The monoisotopic (exact) mass is 372 g/mol. The summed E-state index contributed by atoms with van der Waals surface area (Å²) in [6.07, 6.45) is 7.34. The molecule has 1 heterocycles. The van der Waals surface area contributed by atoms with Crippen molar-refractivity contribution in [3.63, 3.8) is 0 Å². The highest BCUT2D eigenvalue weighted by Crippen LogP contribution is 2.32. The van der Waals surface area contributed by atoms with Crippen molar-refractivity contribution in [1.29, 1.82) is 0 Å². The summed E-state index contributed by atoms with van der Waals surface area (Å²) in [4.78, 5) is 0. The van der Waals surface area contributed by atoms with E-state index in [0.717, 1.165) is 19.4 Å². The first-order valence-corrected chi connectivity index (χ1v) is 13.6. The van der Waals surface area contributed by atoms with Crippen LogP contribution in [0.1, 0.15) is 30.0 Å². The number of ether oxygens (including phenoxy) is 2. The number of rotatable bonds is 7. The molecule has 0 saturated carbocycles. The number of hydrogen-bond acceptors (Lipinski definition) is 5. The molecular formula is C16H28N2O2S2Si. The molecule has 2 rings (SSSR count). The van der Waals surface area contributed by atoms with Gasteiger partial charge in [0.15, 0.2) is 0 Å². The van der Waals surface area contributed by atoms with Crippen LogP contribution in [0, 0.1) is 0 Å². The Morgan fingerprint density at radius 3 is 2.96 bits per heavy atom. The Morgan fingerprint density at radius 2 is 2.26 bits per heavy atom. The quantitative estimate of drug-likeness (QED) is 0.406. The number of nitrogens with zero attached hydrogens (tertiary/aromatic N) is 2. The summed E-state index contributed by atoms with van der Waals surface area (Å²) in [5.41, 5.74) is 2.63. The van der Waals surface area contributed by atoms with E-state index in [-0.39, 0.29) is 0 Å². The molecule has 0 spiro atoms. The normalized spacial score (nSPS) is 17.8. The minimum absolute atomic E-state index is 0.402. The lowest BCUT2D eigenvalue weighted by Gasteiger charge is -2.23. The van der Waals surface area contributed by atoms with Gasteiger partial charge in [-0.15, -0.1) is 0 Å². The first kappa shape index (κ1) is 19.0. The predicted octanol–water partition coefficient (Wildman–Crippen LogP) is 4.28. The zero-order valence-corrected chi connectivity index (χ0v) is 17.3. The first-order chi connectivity index (χ1) is 10.9. The van der Waals surface area contributed by atoms with E-state index < -0.39 is 8.07 Å². The van der Waals surface area contributed by atoms with Gasteiger partial charge >= 0.3 is 0 Å². The predicted molar refractivity (Wildman–Crippen MR) is 104 cm³/mol. The summed E-state index contributed by atoms with van der Waals surface area (Å²) in [7, 11) is -1.03. The number of aromatic nitrogens is 2. The van der Waals surface area contributed by atoms with Crippen molar-refractivity contribution in [2.45, 2.75) is 57.6 Å². The average molecular weight is 373 g/mol. The van der Waals surface area contributed by atoms with Crippen LogP contribution in [-0.4, -0.2) is 41.7 Å². The second-order valence-electron chi connectivity index (χ2n) is 7.25. The zero-order valence-electron chi connectivity index (χ0n) is 14.6. The van der Waals surface area contributed by atoms with Crippen LogP contribution >= 0.6 is 24.0 Å². The molecule has 1 aliphatic carbocycles. The Labute approximate surface area is 150 Å². The fourth-order valence-corrected chi connectivity index (χ4v) is 3.76. The van der Waals surface area contributed by atoms with Gasteiger partial charge in [-0.2, -0.15) is 5.10 Å². The molecule has 7 heteroatoms. The maximum atomic E-state index is 5.85. The van der Waals surface area contributed by atoms with Crippen molar-refractivity contribution < 1.29 is 9.47 Å². The van der Waals surface area contributed by atoms with Crippen molar-refractivity contribution in [1.82, 2.24) is 9.78 Å². The lowest BCUT2D eigenvalue weighted by Crippen LogP contribution is -2.22. The van der Waals surface area contributed by atoms with Gasteiger partial charge in [-0.1, -0.05) is 31.4 Å². The average Bonchev–Trinajstić information content (AvgIpc) is 2.92. The summed E-state index contributed by atoms with van der Waals surface area (Å²) in [6, 6.07) is 1.19. The van der Waals surface area contributed by atoms with Gasteiger partial charge in [-0.3, -0.25) is 0 Å². The molecule has 0 fully saturated rings. The van der Waals surface area contributed by atoms with E-state index in [1.54, 1.807) is 0 Å². The van der Waals surface area contributed by atoms with Crippen LogP contribution in [-0.2, 0) is 22.6 Å². The van der Waals surface area contributed by atoms with Gasteiger partial charge in [-0.05, 0) is 49.3 Å². The molecule has 1 aliphatic rings. The second-order valence-corrected chi connectivity index (χ2v) is 14.3. The number of thiocarbonyl (C=S) groups is 1. The van der Waals surface area contributed by atoms with Crippen LogP contribution in [0.15, 0.2) is 6.20 Å². The standard InChI is InChI=1S/C16H28N2O2S2Si/c1-22-16(21)20-11-13-6-5-7-15-14(13)10-17-18(15)12-19-8-9-23(2,3)4/h10,13H,5-9,11-12H2,1-4H3. The van der Waals surface area contributed by atoms with E-state index in [2.05, 4.69) is 24.7 Å². The highest BCUT2D eigenvalue weighted by Gasteiger charge is 2.25. The molecule has 130 valence electrons. The molecular weight excluding hydrogens is 344 g/mol. The van der Waals surface area contributed by atoms with E-state index in [1.165, 1.54) is 35.5 Å². The van der Waals surface area contributed by atoms with Gasteiger partial charge in [0.05, 0.1) is 12.8 Å². The highest BCUT2D eigenvalue weighted by atomic mass is 32.2. The molecule has 0 radical (unpaired) electrons. The van der Waals surface area contributed by atoms with Crippen LogP contribution in [0.5, 0.6) is 0 Å². The number of fused-ring (bicyclic) bond motifs is 1. The van der Waals surface area contributed by atoms with Gasteiger partial charge in [0.25, 0.3) is 0 Å². The fourth-order valence-electron chi connectivity index (χ4n) is 2.75. The first-order valence-electron chi connectivity index (χ1n) is 8.24. The van der Waals surface area contributed by atoms with Crippen LogP contribution in [0.25, 0.3) is 0 Å². The molecule has 0 bridgehead atoms.